The number of nitrogens with one attached hydrogen (secondary N) is 1. The molecule has 0 saturated heterocycles. The third-order valence-electron chi connectivity index (χ3n) is 3.68. The molecule has 0 aliphatic carbocycles. The molecule has 0 spiro atoms. The molecule has 2 aromatic rings. The minimum Gasteiger partial charge on any atom is -0.444 e. The van der Waals surface area contributed by atoms with Gasteiger partial charge in [-0.25, -0.2) is 9.78 Å². The summed E-state index contributed by atoms with van der Waals surface area (Å²) in [6.07, 6.45) is 3.95. The van der Waals surface area contributed by atoms with Crippen molar-refractivity contribution in [3.63, 3.8) is 0 Å². The average Bonchev–Trinajstić information content (AvgIpc) is 3.01. The molecule has 0 fully saturated rings. The van der Waals surface area contributed by atoms with E-state index in [1.807, 2.05) is 45.2 Å². The summed E-state index contributed by atoms with van der Waals surface area (Å²) in [6, 6.07) is 3.75. The second kappa shape index (κ2) is 10.2. The van der Waals surface area contributed by atoms with Crippen LogP contribution in [0.2, 0.25) is 0 Å². The van der Waals surface area contributed by atoms with Crippen molar-refractivity contribution in [2.24, 2.45) is 0 Å². The number of nitrogens with zero attached hydrogens (tertiary/aromatic N) is 3. The predicted octanol–water partition coefficient (Wildman–Crippen LogP) is 3.33. The fourth-order valence-corrected chi connectivity index (χ4v) is 3.10. The molecule has 7 nitrogen and oxygen atoms in total. The summed E-state index contributed by atoms with van der Waals surface area (Å²) in [4.78, 5) is 34.6. The van der Waals surface area contributed by atoms with Gasteiger partial charge < -0.3 is 15.0 Å². The van der Waals surface area contributed by atoms with Crippen LogP contribution in [0.5, 0.6) is 0 Å². The van der Waals surface area contributed by atoms with E-state index in [2.05, 4.69) is 15.3 Å². The minimum atomic E-state index is -0.565. The lowest BCUT2D eigenvalue weighted by Gasteiger charge is -2.27. The van der Waals surface area contributed by atoms with Gasteiger partial charge >= 0.3 is 6.09 Å². The van der Waals surface area contributed by atoms with Crippen LogP contribution in [0, 0.1) is 6.92 Å². The average molecular weight is 405 g/mol. The van der Waals surface area contributed by atoms with Gasteiger partial charge in [0.2, 0.25) is 5.91 Å². The highest BCUT2D eigenvalue weighted by Gasteiger charge is 2.22. The summed E-state index contributed by atoms with van der Waals surface area (Å²) in [6.45, 7) is 8.80. The highest BCUT2D eigenvalue weighted by molar-refractivity contribution is 7.09. The first kappa shape index (κ1) is 21.8. The van der Waals surface area contributed by atoms with Crippen LogP contribution < -0.4 is 5.32 Å². The van der Waals surface area contributed by atoms with E-state index in [0.29, 0.717) is 26.1 Å². The quantitative estimate of drug-likeness (QED) is 0.682. The summed E-state index contributed by atoms with van der Waals surface area (Å²) in [5, 5.41) is 5.73. The molecule has 0 aliphatic heterocycles. The molecule has 2 heterocycles. The van der Waals surface area contributed by atoms with Crippen LogP contribution in [-0.4, -0.2) is 45.6 Å². The van der Waals surface area contributed by atoms with Gasteiger partial charge in [0.05, 0.1) is 23.7 Å². The van der Waals surface area contributed by atoms with E-state index in [0.717, 1.165) is 16.3 Å². The monoisotopic (exact) mass is 404 g/mol. The van der Waals surface area contributed by atoms with E-state index in [9.17, 15) is 9.59 Å². The zero-order chi connectivity index (χ0) is 20.6. The van der Waals surface area contributed by atoms with Crippen LogP contribution >= 0.6 is 11.3 Å². The molecule has 0 atom stereocenters. The molecule has 8 heteroatoms. The second-order valence-electron chi connectivity index (χ2n) is 7.50. The van der Waals surface area contributed by atoms with Crippen molar-refractivity contribution in [2.75, 3.05) is 13.1 Å². The van der Waals surface area contributed by atoms with E-state index < -0.39 is 5.60 Å². The molecule has 0 saturated carbocycles. The Kier molecular flexibility index (Phi) is 7.92. The number of hydrogen-bond acceptors (Lipinski definition) is 6. The Morgan fingerprint density at radius 2 is 2.11 bits per heavy atom. The maximum absolute atomic E-state index is 12.5. The van der Waals surface area contributed by atoms with Gasteiger partial charge in [0.15, 0.2) is 0 Å². The molecule has 0 unspecified atom stereocenters. The lowest BCUT2D eigenvalue weighted by molar-refractivity contribution is -0.120. The third kappa shape index (κ3) is 8.04. The van der Waals surface area contributed by atoms with Crippen LogP contribution in [0.4, 0.5) is 4.79 Å². The van der Waals surface area contributed by atoms with Crippen molar-refractivity contribution in [1.29, 1.82) is 0 Å². The van der Waals surface area contributed by atoms with E-state index in [4.69, 9.17) is 4.74 Å². The van der Waals surface area contributed by atoms with Crippen molar-refractivity contribution in [3.05, 3.63) is 46.2 Å². The second-order valence-corrected chi connectivity index (χ2v) is 8.56. The number of amides is 2. The topological polar surface area (TPSA) is 84.4 Å². The standard InChI is InChI=1S/C20H28N4O3S/c1-15-23-17(14-28-15)11-18(25)22-9-6-10-24(19(26)27-20(2,3)4)13-16-7-5-8-21-12-16/h5,7-8,12,14H,6,9-11,13H2,1-4H3,(H,22,25). The lowest BCUT2D eigenvalue weighted by atomic mass is 10.2. The van der Waals surface area contributed by atoms with Crippen molar-refractivity contribution >= 4 is 23.3 Å². The van der Waals surface area contributed by atoms with E-state index >= 15 is 0 Å². The molecule has 152 valence electrons. The molecule has 0 aliphatic rings. The summed E-state index contributed by atoms with van der Waals surface area (Å²) >= 11 is 1.53. The molecule has 2 amide bonds. The molecule has 2 rings (SSSR count). The van der Waals surface area contributed by atoms with E-state index in [1.54, 1.807) is 17.3 Å². The predicted molar refractivity (Wildman–Crippen MR) is 109 cm³/mol. The summed E-state index contributed by atoms with van der Waals surface area (Å²) in [7, 11) is 0. The first-order chi connectivity index (χ1) is 13.2. The summed E-state index contributed by atoms with van der Waals surface area (Å²) in [5.74, 6) is -0.0682. The third-order valence-corrected chi connectivity index (χ3v) is 4.51. The fraction of sp³-hybridized carbons (Fsp3) is 0.500. The van der Waals surface area contributed by atoms with Crippen LogP contribution in [0.15, 0.2) is 29.9 Å². The Morgan fingerprint density at radius 1 is 1.32 bits per heavy atom. The molecule has 1 N–H and O–H groups in total. The smallest absolute Gasteiger partial charge is 0.410 e. The number of aryl methyl sites for hydroxylation is 1. The Balaban J connectivity index is 1.83. The van der Waals surface area contributed by atoms with Gasteiger partial charge in [-0.3, -0.25) is 9.78 Å². The normalized spacial score (nSPS) is 11.1. The number of pyridine rings is 1. The number of carbonyl (C=O) groups excluding carboxylic acids is 2. The maximum atomic E-state index is 12.5. The summed E-state index contributed by atoms with van der Waals surface area (Å²) in [5.41, 5.74) is 1.15. The lowest BCUT2D eigenvalue weighted by Crippen LogP contribution is -2.38. The van der Waals surface area contributed by atoms with Gasteiger partial charge in [0.25, 0.3) is 0 Å². The molecule has 0 aromatic carbocycles. The number of ether oxygens (including phenoxy) is 1. The zero-order valence-electron chi connectivity index (χ0n) is 16.9. The Morgan fingerprint density at radius 3 is 2.71 bits per heavy atom. The highest BCUT2D eigenvalue weighted by Crippen LogP contribution is 2.13. The van der Waals surface area contributed by atoms with E-state index in [1.165, 1.54) is 11.3 Å². The van der Waals surface area contributed by atoms with E-state index in [-0.39, 0.29) is 18.4 Å². The van der Waals surface area contributed by atoms with Crippen LogP contribution in [0.1, 0.15) is 43.5 Å². The Bertz CT molecular complexity index is 771. The van der Waals surface area contributed by atoms with Crippen molar-refractivity contribution in [2.45, 2.75) is 52.7 Å². The van der Waals surface area contributed by atoms with Gasteiger partial charge in [-0.05, 0) is 45.7 Å². The first-order valence-electron chi connectivity index (χ1n) is 9.27. The van der Waals surface area contributed by atoms with Gasteiger partial charge in [0, 0.05) is 30.9 Å². The van der Waals surface area contributed by atoms with Crippen molar-refractivity contribution in [3.8, 4) is 0 Å². The number of hydrogen-bond donors (Lipinski definition) is 1. The minimum absolute atomic E-state index is 0.0682. The molecule has 28 heavy (non-hydrogen) atoms. The highest BCUT2D eigenvalue weighted by atomic mass is 32.1. The summed E-state index contributed by atoms with van der Waals surface area (Å²) < 4.78 is 5.50. The van der Waals surface area contributed by atoms with Crippen LogP contribution in [0.25, 0.3) is 0 Å². The maximum Gasteiger partial charge on any atom is 0.410 e. The van der Waals surface area contributed by atoms with Crippen molar-refractivity contribution < 1.29 is 14.3 Å². The van der Waals surface area contributed by atoms with Crippen molar-refractivity contribution in [1.82, 2.24) is 20.2 Å². The number of thiazole rings is 1. The number of carbonyl (C=O) groups is 2. The molecule has 2 aromatic heterocycles. The molecule has 0 bridgehead atoms. The largest absolute Gasteiger partial charge is 0.444 e. The van der Waals surface area contributed by atoms with Gasteiger partial charge in [0.1, 0.15) is 5.60 Å². The Labute approximate surface area is 170 Å². The van der Waals surface area contributed by atoms with Crippen LogP contribution in [0.3, 0.4) is 0 Å². The fourth-order valence-electron chi connectivity index (χ4n) is 2.49. The Hall–Kier alpha value is -2.48. The number of rotatable bonds is 8. The van der Waals surface area contributed by atoms with Crippen LogP contribution in [-0.2, 0) is 22.5 Å². The SMILES string of the molecule is Cc1nc(CC(=O)NCCCN(Cc2cccnc2)C(=O)OC(C)(C)C)cs1. The molecular formula is C20H28N4O3S. The van der Waals surface area contributed by atoms with Gasteiger partial charge in [-0.1, -0.05) is 6.07 Å². The number of aromatic nitrogens is 2. The van der Waals surface area contributed by atoms with Gasteiger partial charge in [-0.15, -0.1) is 11.3 Å². The van der Waals surface area contributed by atoms with Gasteiger partial charge in [-0.2, -0.15) is 0 Å². The molecule has 0 radical (unpaired) electrons. The molecular weight excluding hydrogens is 376 g/mol. The zero-order valence-corrected chi connectivity index (χ0v) is 17.7. The first-order valence-corrected chi connectivity index (χ1v) is 10.2.